The van der Waals surface area contributed by atoms with Gasteiger partial charge in [-0.25, -0.2) is 9.97 Å². The number of nitrogens with two attached hydrogens (primary N) is 1. The van der Waals surface area contributed by atoms with Crippen LogP contribution < -0.4 is 5.73 Å². The van der Waals surface area contributed by atoms with Crippen molar-refractivity contribution in [3.8, 4) is 0 Å². The number of hydrogen-bond donors (Lipinski definition) is 1. The molecule has 0 amide bonds. The lowest BCUT2D eigenvalue weighted by molar-refractivity contribution is 0.128. The summed E-state index contributed by atoms with van der Waals surface area (Å²) >= 11 is 0. The molecule has 0 saturated carbocycles. The minimum absolute atomic E-state index is 0.0175. The Balaban J connectivity index is 2.78. The van der Waals surface area contributed by atoms with Crippen LogP contribution in [0.25, 0.3) is 0 Å². The Hall–Kier alpha value is -1.00. The molecule has 0 bridgehead atoms. The number of aryl methyl sites for hydroxylation is 1. The number of rotatable bonds is 4. The van der Waals surface area contributed by atoms with Crippen LogP contribution in [0.3, 0.4) is 0 Å². The number of aromatic nitrogens is 2. The fourth-order valence-electron chi connectivity index (χ4n) is 1.23. The van der Waals surface area contributed by atoms with Gasteiger partial charge in [-0.05, 0) is 20.8 Å². The summed E-state index contributed by atoms with van der Waals surface area (Å²) in [5.74, 6) is 0.716. The monoisotopic (exact) mass is 195 g/mol. The zero-order valence-corrected chi connectivity index (χ0v) is 8.95. The van der Waals surface area contributed by atoms with Crippen molar-refractivity contribution in [2.75, 3.05) is 6.61 Å². The number of hydrogen-bond acceptors (Lipinski definition) is 4. The number of nitrogens with zero attached hydrogens (tertiary/aromatic N) is 2. The summed E-state index contributed by atoms with van der Waals surface area (Å²) in [5.41, 5.74) is 7.68. The van der Waals surface area contributed by atoms with Crippen LogP contribution in [0.5, 0.6) is 0 Å². The Morgan fingerprint density at radius 1 is 1.57 bits per heavy atom. The lowest BCUT2D eigenvalue weighted by atomic mass is 10.1. The van der Waals surface area contributed by atoms with Crippen molar-refractivity contribution in [3.05, 3.63) is 23.3 Å². The molecule has 1 rings (SSSR count). The highest BCUT2D eigenvalue weighted by molar-refractivity contribution is 5.19. The smallest absolute Gasteiger partial charge is 0.154 e. The molecular formula is C10H17N3O. The van der Waals surface area contributed by atoms with Gasteiger partial charge in [0.1, 0.15) is 6.61 Å². The Bertz CT molecular complexity index is 299. The molecule has 0 aliphatic carbocycles. The highest BCUT2D eigenvalue weighted by Gasteiger charge is 2.06. The summed E-state index contributed by atoms with van der Waals surface area (Å²) in [5, 5.41) is 0. The van der Waals surface area contributed by atoms with Crippen molar-refractivity contribution >= 4 is 0 Å². The van der Waals surface area contributed by atoms with Crippen LogP contribution in [0.2, 0.25) is 0 Å². The van der Waals surface area contributed by atoms with Gasteiger partial charge in [0.25, 0.3) is 0 Å². The molecule has 1 unspecified atom stereocenters. The van der Waals surface area contributed by atoms with Crippen LogP contribution in [0.1, 0.15) is 37.0 Å². The summed E-state index contributed by atoms with van der Waals surface area (Å²) in [6, 6.07) is -0.0175. The van der Waals surface area contributed by atoms with Gasteiger partial charge in [0.2, 0.25) is 0 Å². The van der Waals surface area contributed by atoms with E-state index in [4.69, 9.17) is 10.5 Å². The maximum Gasteiger partial charge on any atom is 0.154 e. The molecule has 14 heavy (non-hydrogen) atoms. The van der Waals surface area contributed by atoms with Crippen molar-refractivity contribution < 1.29 is 4.74 Å². The third-order valence-electron chi connectivity index (χ3n) is 1.99. The van der Waals surface area contributed by atoms with Crippen molar-refractivity contribution in [1.82, 2.24) is 9.97 Å². The lowest BCUT2D eigenvalue weighted by Crippen LogP contribution is -2.10. The van der Waals surface area contributed by atoms with Gasteiger partial charge in [0.05, 0.1) is 0 Å². The summed E-state index contributed by atoms with van der Waals surface area (Å²) in [4.78, 5) is 8.50. The quantitative estimate of drug-likeness (QED) is 0.787. The zero-order chi connectivity index (χ0) is 10.6. The van der Waals surface area contributed by atoms with Crippen LogP contribution in [-0.4, -0.2) is 16.6 Å². The first-order valence-electron chi connectivity index (χ1n) is 4.81. The van der Waals surface area contributed by atoms with Gasteiger partial charge in [-0.15, -0.1) is 0 Å². The predicted molar refractivity (Wildman–Crippen MR) is 54.7 cm³/mol. The molecule has 0 aliphatic heterocycles. The topological polar surface area (TPSA) is 61.0 Å². The Kier molecular flexibility index (Phi) is 3.98. The molecule has 0 spiro atoms. The molecule has 0 aliphatic rings. The van der Waals surface area contributed by atoms with Gasteiger partial charge in [-0.1, -0.05) is 0 Å². The van der Waals surface area contributed by atoms with E-state index in [2.05, 4.69) is 9.97 Å². The van der Waals surface area contributed by atoms with Gasteiger partial charge in [0.15, 0.2) is 5.82 Å². The molecule has 0 saturated heterocycles. The van der Waals surface area contributed by atoms with E-state index in [9.17, 15) is 0 Å². The fraction of sp³-hybridized carbons (Fsp3) is 0.600. The van der Waals surface area contributed by atoms with Crippen LogP contribution >= 0.6 is 0 Å². The Morgan fingerprint density at radius 2 is 2.29 bits per heavy atom. The minimum atomic E-state index is -0.0175. The maximum atomic E-state index is 5.75. The average molecular weight is 195 g/mol. The van der Waals surface area contributed by atoms with E-state index in [1.165, 1.54) is 0 Å². The van der Waals surface area contributed by atoms with Gasteiger partial charge >= 0.3 is 0 Å². The molecule has 1 aromatic rings. The highest BCUT2D eigenvalue weighted by Crippen LogP contribution is 2.11. The van der Waals surface area contributed by atoms with Gasteiger partial charge in [0, 0.05) is 30.1 Å². The molecule has 2 N–H and O–H groups in total. The van der Waals surface area contributed by atoms with Gasteiger partial charge in [-0.2, -0.15) is 0 Å². The zero-order valence-electron chi connectivity index (χ0n) is 8.95. The summed E-state index contributed by atoms with van der Waals surface area (Å²) in [7, 11) is 0. The predicted octanol–water partition coefficient (Wildman–Crippen LogP) is 1.34. The van der Waals surface area contributed by atoms with Crippen LogP contribution in [-0.2, 0) is 11.3 Å². The van der Waals surface area contributed by atoms with E-state index in [0.29, 0.717) is 19.0 Å². The van der Waals surface area contributed by atoms with Crippen LogP contribution in [0, 0.1) is 6.92 Å². The first kappa shape index (κ1) is 11.1. The van der Waals surface area contributed by atoms with Crippen LogP contribution in [0.4, 0.5) is 0 Å². The molecule has 1 aromatic heterocycles. The SMILES string of the molecule is CCOCc1ncc(C(C)N)c(C)n1. The second-order valence-electron chi connectivity index (χ2n) is 3.25. The second kappa shape index (κ2) is 5.02. The first-order chi connectivity index (χ1) is 6.65. The second-order valence-corrected chi connectivity index (χ2v) is 3.25. The third kappa shape index (κ3) is 2.75. The molecule has 78 valence electrons. The summed E-state index contributed by atoms with van der Waals surface area (Å²) < 4.78 is 5.22. The molecule has 0 radical (unpaired) electrons. The van der Waals surface area contributed by atoms with E-state index < -0.39 is 0 Å². The molecule has 0 fully saturated rings. The van der Waals surface area contributed by atoms with E-state index in [1.807, 2.05) is 20.8 Å². The Morgan fingerprint density at radius 3 is 2.79 bits per heavy atom. The first-order valence-corrected chi connectivity index (χ1v) is 4.81. The third-order valence-corrected chi connectivity index (χ3v) is 1.99. The molecule has 1 atom stereocenters. The van der Waals surface area contributed by atoms with Crippen molar-refractivity contribution in [2.45, 2.75) is 33.4 Å². The minimum Gasteiger partial charge on any atom is -0.374 e. The largest absolute Gasteiger partial charge is 0.374 e. The standard InChI is InChI=1S/C10H17N3O/c1-4-14-6-10-12-5-9(7(2)11)8(3)13-10/h5,7H,4,6,11H2,1-3H3. The van der Waals surface area contributed by atoms with Crippen molar-refractivity contribution in [3.63, 3.8) is 0 Å². The van der Waals surface area contributed by atoms with Crippen LogP contribution in [0.15, 0.2) is 6.20 Å². The molecular weight excluding hydrogens is 178 g/mol. The summed E-state index contributed by atoms with van der Waals surface area (Å²) in [6.45, 7) is 6.96. The average Bonchev–Trinajstić information content (AvgIpc) is 2.14. The Labute approximate surface area is 84.5 Å². The molecule has 1 heterocycles. The molecule has 0 aromatic carbocycles. The molecule has 4 heteroatoms. The van der Waals surface area contributed by atoms with E-state index in [0.717, 1.165) is 11.3 Å². The number of ether oxygens (including phenoxy) is 1. The van der Waals surface area contributed by atoms with E-state index in [-0.39, 0.29) is 6.04 Å². The normalized spacial score (nSPS) is 12.9. The van der Waals surface area contributed by atoms with E-state index >= 15 is 0 Å². The van der Waals surface area contributed by atoms with Gasteiger partial charge < -0.3 is 10.5 Å². The maximum absolute atomic E-state index is 5.75. The highest BCUT2D eigenvalue weighted by atomic mass is 16.5. The van der Waals surface area contributed by atoms with Gasteiger partial charge in [-0.3, -0.25) is 0 Å². The molecule has 4 nitrogen and oxygen atoms in total. The lowest BCUT2D eigenvalue weighted by Gasteiger charge is -2.09. The fourth-order valence-corrected chi connectivity index (χ4v) is 1.23. The van der Waals surface area contributed by atoms with Crippen molar-refractivity contribution in [1.29, 1.82) is 0 Å². The van der Waals surface area contributed by atoms with Crippen molar-refractivity contribution in [2.24, 2.45) is 5.73 Å². The summed E-state index contributed by atoms with van der Waals surface area (Å²) in [6.07, 6.45) is 1.78. The van der Waals surface area contributed by atoms with E-state index in [1.54, 1.807) is 6.20 Å².